The molecule has 0 atom stereocenters. The highest BCUT2D eigenvalue weighted by Crippen LogP contribution is 2.31. The van der Waals surface area contributed by atoms with E-state index in [9.17, 15) is 5.11 Å². The van der Waals surface area contributed by atoms with Gasteiger partial charge in [-0.2, -0.15) is 4.98 Å². The van der Waals surface area contributed by atoms with E-state index in [2.05, 4.69) is 60.5 Å². The van der Waals surface area contributed by atoms with Crippen molar-refractivity contribution in [3.05, 3.63) is 65.5 Å². The fourth-order valence-corrected chi connectivity index (χ4v) is 4.01. The van der Waals surface area contributed by atoms with Gasteiger partial charge in [-0.1, -0.05) is 30.3 Å². The first-order valence-electron chi connectivity index (χ1n) is 10.3. The Morgan fingerprint density at radius 1 is 1.13 bits per heavy atom. The van der Waals surface area contributed by atoms with Crippen LogP contribution in [0.3, 0.4) is 0 Å². The van der Waals surface area contributed by atoms with Crippen molar-refractivity contribution in [1.29, 1.82) is 0 Å². The van der Waals surface area contributed by atoms with E-state index < -0.39 is 0 Å². The van der Waals surface area contributed by atoms with Crippen LogP contribution < -0.4 is 5.32 Å². The number of nitrogens with one attached hydrogen (secondary N) is 2. The summed E-state index contributed by atoms with van der Waals surface area (Å²) in [5.74, 6) is 1.28. The van der Waals surface area contributed by atoms with Gasteiger partial charge in [0.1, 0.15) is 5.69 Å². The second-order valence-corrected chi connectivity index (χ2v) is 7.74. The molecule has 30 heavy (non-hydrogen) atoms. The van der Waals surface area contributed by atoms with Crippen molar-refractivity contribution in [3.8, 4) is 5.88 Å². The lowest BCUT2D eigenvalue weighted by molar-refractivity contribution is 0.211. The minimum atomic E-state index is -0.0164. The van der Waals surface area contributed by atoms with Crippen LogP contribution in [0.5, 0.6) is 5.88 Å². The first kappa shape index (κ1) is 18.6. The van der Waals surface area contributed by atoms with Gasteiger partial charge in [-0.3, -0.25) is 4.90 Å². The van der Waals surface area contributed by atoms with Gasteiger partial charge in [-0.05, 0) is 36.6 Å². The highest BCUT2D eigenvalue weighted by atomic mass is 16.3. The van der Waals surface area contributed by atoms with Crippen molar-refractivity contribution in [2.75, 3.05) is 18.4 Å². The van der Waals surface area contributed by atoms with Gasteiger partial charge in [0, 0.05) is 49.2 Å². The largest absolute Gasteiger partial charge is 0.492 e. The molecule has 0 saturated carbocycles. The fourth-order valence-electron chi connectivity index (χ4n) is 4.01. The minimum absolute atomic E-state index is 0.0164. The normalized spacial score (nSPS) is 18.1. The molecule has 2 aliphatic rings. The molecule has 0 aliphatic carbocycles. The Hall–Kier alpha value is -3.45. The predicted molar refractivity (Wildman–Crippen MR) is 119 cm³/mol. The summed E-state index contributed by atoms with van der Waals surface area (Å²) >= 11 is 0. The van der Waals surface area contributed by atoms with Gasteiger partial charge in [0.2, 0.25) is 11.8 Å². The molecule has 0 radical (unpaired) electrons. The van der Waals surface area contributed by atoms with Crippen LogP contribution in [0.1, 0.15) is 29.7 Å². The second kappa shape index (κ2) is 8.12. The number of anilines is 1. The van der Waals surface area contributed by atoms with Crippen LogP contribution in [0.4, 0.5) is 11.8 Å². The third-order valence-corrected chi connectivity index (χ3v) is 5.61. The summed E-state index contributed by atoms with van der Waals surface area (Å²) in [5.41, 5.74) is 3.77. The van der Waals surface area contributed by atoms with Crippen molar-refractivity contribution in [3.63, 3.8) is 0 Å². The number of imidazole rings is 1. The van der Waals surface area contributed by atoms with E-state index >= 15 is 0 Å². The number of aliphatic imine (C=N–C) groups is 1. The summed E-state index contributed by atoms with van der Waals surface area (Å²) in [4.78, 5) is 18.5. The standard InChI is InChI=1S/C23H24N6O/c30-22-20(13-17-14-25-21-19(17)7-4-10-24-21)27-23(28-22)26-18-8-11-29(12-9-18)15-16-5-2-1-3-6-16/h1-7,10,13-14,18,30H,8-9,11-12,15H2,(H2,26,27,28)/b17-13+. The number of aromatic amines is 1. The number of H-pyrrole nitrogens is 1. The maximum Gasteiger partial charge on any atom is 0.238 e. The summed E-state index contributed by atoms with van der Waals surface area (Å²) in [6.07, 6.45) is 7.41. The monoisotopic (exact) mass is 400 g/mol. The van der Waals surface area contributed by atoms with E-state index in [1.165, 1.54) is 5.56 Å². The number of piperidine rings is 1. The van der Waals surface area contributed by atoms with E-state index in [0.29, 0.717) is 23.5 Å². The molecule has 5 rings (SSSR count). The quantitative estimate of drug-likeness (QED) is 0.605. The number of benzene rings is 1. The second-order valence-electron chi connectivity index (χ2n) is 7.74. The van der Waals surface area contributed by atoms with E-state index in [-0.39, 0.29) is 5.88 Å². The number of nitrogens with zero attached hydrogens (tertiary/aromatic N) is 4. The molecule has 0 unspecified atom stereocenters. The molecule has 2 aliphatic heterocycles. The van der Waals surface area contributed by atoms with Crippen LogP contribution in [0.2, 0.25) is 0 Å². The lowest BCUT2D eigenvalue weighted by atomic mass is 10.0. The van der Waals surface area contributed by atoms with E-state index in [1.54, 1.807) is 12.4 Å². The van der Waals surface area contributed by atoms with Gasteiger partial charge in [-0.15, -0.1) is 0 Å². The van der Waals surface area contributed by atoms with Gasteiger partial charge >= 0.3 is 0 Å². The predicted octanol–water partition coefficient (Wildman–Crippen LogP) is 3.84. The summed E-state index contributed by atoms with van der Waals surface area (Å²) in [7, 11) is 0. The average molecular weight is 400 g/mol. The Morgan fingerprint density at radius 3 is 2.80 bits per heavy atom. The van der Waals surface area contributed by atoms with Crippen LogP contribution in [-0.2, 0) is 6.54 Å². The van der Waals surface area contributed by atoms with Crippen molar-refractivity contribution in [2.24, 2.45) is 4.99 Å². The molecule has 1 aromatic carbocycles. The Labute approximate surface area is 175 Å². The van der Waals surface area contributed by atoms with Gasteiger partial charge in [0.15, 0.2) is 5.82 Å². The Bertz CT molecular complexity index is 1080. The number of hydrogen-bond acceptors (Lipinski definition) is 6. The molecule has 7 heteroatoms. The van der Waals surface area contributed by atoms with Crippen molar-refractivity contribution in [1.82, 2.24) is 19.9 Å². The molecule has 0 amide bonds. The first-order valence-corrected chi connectivity index (χ1v) is 10.3. The Morgan fingerprint density at radius 2 is 1.97 bits per heavy atom. The number of fused-ring (bicyclic) bond motifs is 1. The van der Waals surface area contributed by atoms with E-state index in [4.69, 9.17) is 0 Å². The molecule has 7 nitrogen and oxygen atoms in total. The van der Waals surface area contributed by atoms with Crippen molar-refractivity contribution in [2.45, 2.75) is 25.4 Å². The zero-order valence-corrected chi connectivity index (χ0v) is 16.6. The summed E-state index contributed by atoms with van der Waals surface area (Å²) < 4.78 is 0. The number of pyridine rings is 1. The molecule has 152 valence electrons. The molecule has 0 spiro atoms. The molecular formula is C23H24N6O. The topological polar surface area (TPSA) is 89.4 Å². The Balaban J connectivity index is 1.20. The molecular weight excluding hydrogens is 376 g/mol. The third-order valence-electron chi connectivity index (χ3n) is 5.61. The van der Waals surface area contributed by atoms with Crippen molar-refractivity contribution >= 4 is 29.6 Å². The summed E-state index contributed by atoms with van der Waals surface area (Å²) in [6.45, 7) is 3.07. The first-order chi connectivity index (χ1) is 14.7. The molecule has 4 heterocycles. The SMILES string of the molecule is Oc1nc(NC2CCN(Cc3ccccc3)CC2)[nH]c1/C=C1\C=Nc2ncccc21. The molecule has 3 N–H and O–H groups in total. The maximum atomic E-state index is 10.3. The summed E-state index contributed by atoms with van der Waals surface area (Å²) in [6, 6.07) is 14.8. The van der Waals surface area contributed by atoms with Crippen LogP contribution in [0, 0.1) is 0 Å². The fraction of sp³-hybridized carbons (Fsp3) is 0.261. The minimum Gasteiger partial charge on any atom is -0.492 e. The van der Waals surface area contributed by atoms with E-state index in [1.807, 2.05) is 18.2 Å². The van der Waals surface area contributed by atoms with Gasteiger partial charge in [-0.25, -0.2) is 9.98 Å². The number of hydrogen-bond donors (Lipinski definition) is 3. The zero-order chi connectivity index (χ0) is 20.3. The van der Waals surface area contributed by atoms with Gasteiger partial charge < -0.3 is 15.4 Å². The Kier molecular flexibility index (Phi) is 5.03. The highest BCUT2D eigenvalue weighted by Gasteiger charge is 2.21. The van der Waals surface area contributed by atoms with Gasteiger partial charge in [0.05, 0.1) is 0 Å². The van der Waals surface area contributed by atoms with Crippen LogP contribution in [-0.4, -0.2) is 50.3 Å². The molecule has 2 aromatic heterocycles. The third kappa shape index (κ3) is 3.97. The zero-order valence-electron chi connectivity index (χ0n) is 16.6. The average Bonchev–Trinajstić information content (AvgIpc) is 3.34. The highest BCUT2D eigenvalue weighted by molar-refractivity contribution is 6.20. The lowest BCUT2D eigenvalue weighted by Gasteiger charge is -2.32. The molecule has 3 aromatic rings. The van der Waals surface area contributed by atoms with Crippen LogP contribution in [0.25, 0.3) is 11.6 Å². The molecule has 1 fully saturated rings. The van der Waals surface area contributed by atoms with Gasteiger partial charge in [0.25, 0.3) is 0 Å². The molecule has 1 saturated heterocycles. The number of aromatic hydroxyl groups is 1. The van der Waals surface area contributed by atoms with Crippen LogP contribution >= 0.6 is 0 Å². The smallest absolute Gasteiger partial charge is 0.238 e. The molecule has 0 bridgehead atoms. The van der Waals surface area contributed by atoms with E-state index in [0.717, 1.165) is 43.6 Å². The van der Waals surface area contributed by atoms with Crippen molar-refractivity contribution < 1.29 is 5.11 Å². The number of aromatic nitrogens is 3. The van der Waals surface area contributed by atoms with Crippen LogP contribution in [0.15, 0.2) is 53.7 Å². The number of allylic oxidation sites excluding steroid dienone is 1. The lowest BCUT2D eigenvalue weighted by Crippen LogP contribution is -2.38. The maximum absolute atomic E-state index is 10.3. The number of likely N-dealkylation sites (tertiary alicyclic amines) is 1. The summed E-state index contributed by atoms with van der Waals surface area (Å²) in [5, 5.41) is 13.7. The number of rotatable bonds is 5.